The van der Waals surface area contributed by atoms with E-state index in [2.05, 4.69) is 47.3 Å². The molecular formula is C26H40O2. The van der Waals surface area contributed by atoms with Crippen LogP contribution in [0, 0.1) is 5.92 Å². The minimum atomic E-state index is -0.0205. The zero-order valence-corrected chi connectivity index (χ0v) is 18.6. The molecule has 0 saturated heterocycles. The van der Waals surface area contributed by atoms with Crippen LogP contribution in [0.3, 0.4) is 0 Å². The van der Waals surface area contributed by atoms with Crippen LogP contribution in [0.15, 0.2) is 35.9 Å². The van der Waals surface area contributed by atoms with Gasteiger partial charge in [-0.05, 0) is 68.6 Å². The molecule has 0 heterocycles. The summed E-state index contributed by atoms with van der Waals surface area (Å²) in [6.07, 6.45) is 11.3. The first-order valence-corrected chi connectivity index (χ1v) is 11.1. The lowest BCUT2D eigenvalue weighted by Crippen LogP contribution is -2.22. The largest absolute Gasteiger partial charge is 0.507 e. The maximum absolute atomic E-state index is 11.0. The minimum absolute atomic E-state index is 0.00210. The molecule has 1 aliphatic rings. The van der Waals surface area contributed by atoms with Crippen LogP contribution in [0.5, 0.6) is 11.5 Å². The predicted octanol–water partition coefficient (Wildman–Crippen LogP) is 7.75. The highest BCUT2D eigenvalue weighted by atomic mass is 16.3. The van der Waals surface area contributed by atoms with E-state index in [-0.39, 0.29) is 28.7 Å². The molecule has 0 saturated carbocycles. The van der Waals surface area contributed by atoms with E-state index >= 15 is 0 Å². The molecular weight excluding hydrogens is 344 g/mol. The van der Waals surface area contributed by atoms with E-state index in [1.807, 2.05) is 12.1 Å². The molecule has 0 aromatic heterocycles. The van der Waals surface area contributed by atoms with Gasteiger partial charge in [-0.1, -0.05) is 70.3 Å². The molecule has 2 heteroatoms. The summed E-state index contributed by atoms with van der Waals surface area (Å²) in [5.41, 5.74) is 4.13. The molecule has 28 heavy (non-hydrogen) atoms. The molecule has 1 unspecified atom stereocenters. The van der Waals surface area contributed by atoms with Crippen LogP contribution >= 0.6 is 0 Å². The highest BCUT2D eigenvalue weighted by Gasteiger charge is 2.32. The van der Waals surface area contributed by atoms with E-state index < -0.39 is 0 Å². The molecule has 0 spiro atoms. The van der Waals surface area contributed by atoms with Gasteiger partial charge in [-0.2, -0.15) is 0 Å². The number of rotatable bonds is 9. The highest BCUT2D eigenvalue weighted by molar-refractivity contribution is 5.53. The number of allylic oxidation sites excluding steroid dienone is 3. The Hall–Kier alpha value is -1.70. The first-order chi connectivity index (χ1) is 13.2. The van der Waals surface area contributed by atoms with Crippen LogP contribution in [0.25, 0.3) is 0 Å². The standard InChI is InChI=1S/C26H40O2/c1-7-9-10-11-14-26(6,8-2)20-16-23(27)25(24(28)17-20)22-15-19(5)12-13-21(22)18(3)4/h15-17,21-22,27-28H,3,7-14H2,1-2,4-6H3/t21-,22+,26?/m0/s1. The number of benzene rings is 1. The smallest absolute Gasteiger partial charge is 0.123 e. The summed E-state index contributed by atoms with van der Waals surface area (Å²) in [6.45, 7) is 15.0. The van der Waals surface area contributed by atoms with Gasteiger partial charge in [0, 0.05) is 11.5 Å². The van der Waals surface area contributed by atoms with Crippen molar-refractivity contribution in [1.82, 2.24) is 0 Å². The molecule has 1 aliphatic carbocycles. The summed E-state index contributed by atoms with van der Waals surface area (Å²) in [5.74, 6) is 0.714. The van der Waals surface area contributed by atoms with Gasteiger partial charge < -0.3 is 10.2 Å². The molecule has 2 rings (SSSR count). The van der Waals surface area contributed by atoms with Gasteiger partial charge >= 0.3 is 0 Å². The van der Waals surface area contributed by atoms with Crippen molar-refractivity contribution in [2.24, 2.45) is 5.92 Å². The lowest BCUT2D eigenvalue weighted by atomic mass is 9.72. The first kappa shape index (κ1) is 22.6. The predicted molar refractivity (Wildman–Crippen MR) is 120 cm³/mol. The van der Waals surface area contributed by atoms with Crippen LogP contribution in [-0.4, -0.2) is 10.2 Å². The second-order valence-corrected chi connectivity index (χ2v) is 9.18. The molecule has 2 nitrogen and oxygen atoms in total. The third-order valence-electron chi connectivity index (χ3n) is 6.91. The van der Waals surface area contributed by atoms with Gasteiger partial charge in [0.05, 0.1) is 0 Å². The number of phenols is 2. The number of hydrogen-bond acceptors (Lipinski definition) is 2. The average molecular weight is 385 g/mol. The topological polar surface area (TPSA) is 40.5 Å². The van der Waals surface area contributed by atoms with E-state index in [9.17, 15) is 10.2 Å². The van der Waals surface area contributed by atoms with Gasteiger partial charge in [0.15, 0.2) is 0 Å². The zero-order valence-electron chi connectivity index (χ0n) is 18.6. The molecule has 0 radical (unpaired) electrons. The SMILES string of the molecule is C=C(C)[C@@H]1CCC(C)=C[C@H]1c1c(O)cc(C(C)(CC)CCCCCC)cc1O. The second-order valence-electron chi connectivity index (χ2n) is 9.18. The normalized spacial score (nSPS) is 21.8. The molecule has 0 aliphatic heterocycles. The maximum Gasteiger partial charge on any atom is 0.123 e. The van der Waals surface area contributed by atoms with Gasteiger partial charge in [-0.15, -0.1) is 0 Å². The van der Waals surface area contributed by atoms with E-state index in [4.69, 9.17) is 0 Å². The molecule has 156 valence electrons. The van der Waals surface area contributed by atoms with Gasteiger partial charge in [0.2, 0.25) is 0 Å². The Morgan fingerprint density at radius 2 is 1.79 bits per heavy atom. The molecule has 1 aromatic carbocycles. The molecule has 0 bridgehead atoms. The summed E-state index contributed by atoms with van der Waals surface area (Å²) in [4.78, 5) is 0. The van der Waals surface area contributed by atoms with Gasteiger partial charge in [-0.25, -0.2) is 0 Å². The lowest BCUT2D eigenvalue weighted by molar-refractivity contribution is 0.379. The van der Waals surface area contributed by atoms with Crippen molar-refractivity contribution >= 4 is 0 Å². The minimum Gasteiger partial charge on any atom is -0.507 e. The van der Waals surface area contributed by atoms with Gasteiger partial charge in [0.25, 0.3) is 0 Å². The second kappa shape index (κ2) is 9.67. The van der Waals surface area contributed by atoms with Crippen LogP contribution in [0.2, 0.25) is 0 Å². The van der Waals surface area contributed by atoms with Crippen molar-refractivity contribution < 1.29 is 10.2 Å². The van der Waals surface area contributed by atoms with E-state index in [1.54, 1.807) is 0 Å². The maximum atomic E-state index is 11.0. The highest BCUT2D eigenvalue weighted by Crippen LogP contribution is 2.48. The van der Waals surface area contributed by atoms with Crippen molar-refractivity contribution in [2.45, 2.75) is 97.3 Å². The van der Waals surface area contributed by atoms with E-state index in [0.29, 0.717) is 5.56 Å². The van der Waals surface area contributed by atoms with Crippen LogP contribution in [-0.2, 0) is 5.41 Å². The Kier molecular flexibility index (Phi) is 7.80. The van der Waals surface area contributed by atoms with Crippen molar-refractivity contribution in [3.63, 3.8) is 0 Å². The number of phenolic OH excluding ortho intramolecular Hbond substituents is 2. The lowest BCUT2D eigenvalue weighted by Gasteiger charge is -2.33. The van der Waals surface area contributed by atoms with Crippen molar-refractivity contribution in [2.75, 3.05) is 0 Å². The Labute approximate surface area is 172 Å². The van der Waals surface area contributed by atoms with Crippen molar-refractivity contribution in [1.29, 1.82) is 0 Å². The molecule has 0 amide bonds. The number of hydrogen-bond donors (Lipinski definition) is 2. The van der Waals surface area contributed by atoms with E-state index in [0.717, 1.165) is 36.8 Å². The molecule has 1 aromatic rings. The van der Waals surface area contributed by atoms with E-state index in [1.165, 1.54) is 31.3 Å². The summed E-state index contributed by atoms with van der Waals surface area (Å²) in [5, 5.41) is 21.9. The summed E-state index contributed by atoms with van der Waals surface area (Å²) in [6, 6.07) is 3.82. The quantitative estimate of drug-likeness (QED) is 0.337. The third kappa shape index (κ3) is 5.01. The Bertz CT molecular complexity index is 692. The zero-order chi connectivity index (χ0) is 20.9. The summed E-state index contributed by atoms with van der Waals surface area (Å²) >= 11 is 0. The van der Waals surface area contributed by atoms with Crippen LogP contribution < -0.4 is 0 Å². The van der Waals surface area contributed by atoms with Crippen molar-refractivity contribution in [3.8, 4) is 11.5 Å². The fraction of sp³-hybridized carbons (Fsp3) is 0.615. The van der Waals surface area contributed by atoms with Gasteiger partial charge in [0.1, 0.15) is 11.5 Å². The summed E-state index contributed by atoms with van der Waals surface area (Å²) in [7, 11) is 0. The summed E-state index contributed by atoms with van der Waals surface area (Å²) < 4.78 is 0. The Balaban J connectivity index is 2.38. The average Bonchev–Trinajstić information content (AvgIpc) is 2.64. The molecule has 3 atom stereocenters. The number of aromatic hydroxyl groups is 2. The van der Waals surface area contributed by atoms with Gasteiger partial charge in [-0.3, -0.25) is 0 Å². The monoisotopic (exact) mass is 384 g/mol. The third-order valence-corrected chi connectivity index (χ3v) is 6.91. The first-order valence-electron chi connectivity index (χ1n) is 11.1. The molecule has 0 fully saturated rings. The fourth-order valence-corrected chi connectivity index (χ4v) is 4.69. The molecule has 2 N–H and O–H groups in total. The Morgan fingerprint density at radius 3 is 2.32 bits per heavy atom. The van der Waals surface area contributed by atoms with Crippen LogP contribution in [0.4, 0.5) is 0 Å². The fourth-order valence-electron chi connectivity index (χ4n) is 4.69. The van der Waals surface area contributed by atoms with Crippen molar-refractivity contribution in [3.05, 3.63) is 47.1 Å². The number of unbranched alkanes of at least 4 members (excludes halogenated alkanes) is 3. The Morgan fingerprint density at radius 1 is 1.14 bits per heavy atom. The van der Waals surface area contributed by atoms with Crippen LogP contribution in [0.1, 0.15) is 103 Å².